The average Bonchev–Trinajstić information content (AvgIpc) is 2.42. The molecule has 19 heavy (non-hydrogen) atoms. The summed E-state index contributed by atoms with van der Waals surface area (Å²) in [4.78, 5) is 0. The van der Waals surface area contributed by atoms with E-state index in [1.165, 1.54) is 0 Å². The van der Waals surface area contributed by atoms with Crippen LogP contribution in [0.4, 0.5) is 0 Å². The summed E-state index contributed by atoms with van der Waals surface area (Å²) < 4.78 is 10.8. The van der Waals surface area contributed by atoms with Crippen LogP contribution in [0.15, 0.2) is 18.2 Å². The first kappa shape index (κ1) is 15.8. The molecule has 0 radical (unpaired) electrons. The summed E-state index contributed by atoms with van der Waals surface area (Å²) in [7, 11) is 1.62. The van der Waals surface area contributed by atoms with Gasteiger partial charge in [-0.25, -0.2) is 0 Å². The third-order valence-electron chi connectivity index (χ3n) is 2.87. The van der Waals surface area contributed by atoms with Gasteiger partial charge in [0.25, 0.3) is 0 Å². The van der Waals surface area contributed by atoms with Gasteiger partial charge in [-0.3, -0.25) is 0 Å². The number of aliphatic hydroxyl groups is 1. The van der Waals surface area contributed by atoms with Gasteiger partial charge in [0.05, 0.1) is 13.2 Å². The normalized spacial score (nSPS) is 13.9. The third-order valence-corrected chi connectivity index (χ3v) is 2.87. The molecule has 0 aliphatic heterocycles. The maximum Gasteiger partial charge on any atom is 0.161 e. The van der Waals surface area contributed by atoms with Crippen LogP contribution in [0.3, 0.4) is 0 Å². The van der Waals surface area contributed by atoms with Crippen LogP contribution in [0.5, 0.6) is 11.5 Å². The largest absolute Gasteiger partial charge is 0.493 e. The molecule has 0 aliphatic rings. The quantitative estimate of drug-likeness (QED) is 0.760. The van der Waals surface area contributed by atoms with E-state index in [4.69, 9.17) is 9.47 Å². The number of rotatable bonds is 8. The minimum absolute atomic E-state index is 0.263. The predicted octanol–water partition coefficient (Wildman–Crippen LogP) is 2.52. The molecule has 1 aromatic rings. The SMILES string of the molecule is CCCNC(C)c1ccc(OCC(C)O)c(OC)c1. The third kappa shape index (κ3) is 5.09. The number of hydrogen-bond acceptors (Lipinski definition) is 4. The zero-order chi connectivity index (χ0) is 14.3. The monoisotopic (exact) mass is 267 g/mol. The number of benzene rings is 1. The molecule has 0 spiro atoms. The maximum absolute atomic E-state index is 9.24. The van der Waals surface area contributed by atoms with Crippen molar-refractivity contribution in [3.05, 3.63) is 23.8 Å². The highest BCUT2D eigenvalue weighted by atomic mass is 16.5. The van der Waals surface area contributed by atoms with Crippen molar-refractivity contribution in [3.63, 3.8) is 0 Å². The molecule has 0 aromatic heterocycles. The molecular weight excluding hydrogens is 242 g/mol. The fraction of sp³-hybridized carbons (Fsp3) is 0.600. The van der Waals surface area contributed by atoms with Gasteiger partial charge >= 0.3 is 0 Å². The molecule has 4 heteroatoms. The van der Waals surface area contributed by atoms with Crippen molar-refractivity contribution in [2.45, 2.75) is 39.3 Å². The van der Waals surface area contributed by atoms with E-state index in [0.29, 0.717) is 11.5 Å². The van der Waals surface area contributed by atoms with E-state index in [1.54, 1.807) is 14.0 Å². The van der Waals surface area contributed by atoms with Gasteiger partial charge in [0.15, 0.2) is 11.5 Å². The van der Waals surface area contributed by atoms with Crippen molar-refractivity contribution >= 4 is 0 Å². The smallest absolute Gasteiger partial charge is 0.161 e. The highest BCUT2D eigenvalue weighted by Crippen LogP contribution is 2.30. The molecule has 1 aromatic carbocycles. The van der Waals surface area contributed by atoms with Gasteiger partial charge in [0.1, 0.15) is 6.61 Å². The second-order valence-corrected chi connectivity index (χ2v) is 4.75. The zero-order valence-corrected chi connectivity index (χ0v) is 12.3. The Hall–Kier alpha value is -1.26. The van der Waals surface area contributed by atoms with Crippen LogP contribution in [0.2, 0.25) is 0 Å². The Labute approximate surface area is 115 Å². The minimum atomic E-state index is -0.491. The van der Waals surface area contributed by atoms with Crippen molar-refractivity contribution in [2.24, 2.45) is 0 Å². The van der Waals surface area contributed by atoms with Gasteiger partial charge in [-0.05, 0) is 44.5 Å². The van der Waals surface area contributed by atoms with E-state index in [9.17, 15) is 5.11 Å². The molecule has 0 amide bonds. The van der Waals surface area contributed by atoms with Crippen molar-refractivity contribution in [2.75, 3.05) is 20.3 Å². The summed E-state index contributed by atoms with van der Waals surface area (Å²) in [5.74, 6) is 1.36. The molecule has 1 rings (SSSR count). The Morgan fingerprint density at radius 2 is 2.00 bits per heavy atom. The summed E-state index contributed by atoms with van der Waals surface area (Å²) >= 11 is 0. The van der Waals surface area contributed by atoms with Crippen LogP contribution < -0.4 is 14.8 Å². The summed E-state index contributed by atoms with van der Waals surface area (Å²) in [5, 5.41) is 12.7. The molecule has 108 valence electrons. The molecule has 2 N–H and O–H groups in total. The van der Waals surface area contributed by atoms with Gasteiger partial charge in [0, 0.05) is 6.04 Å². The summed E-state index contributed by atoms with van der Waals surface area (Å²) in [5.41, 5.74) is 1.16. The molecule has 0 saturated heterocycles. The Bertz CT molecular complexity index is 380. The lowest BCUT2D eigenvalue weighted by molar-refractivity contribution is 0.120. The Morgan fingerprint density at radius 1 is 1.26 bits per heavy atom. The predicted molar refractivity (Wildman–Crippen MR) is 76.9 cm³/mol. The van der Waals surface area contributed by atoms with E-state index in [-0.39, 0.29) is 12.6 Å². The second-order valence-electron chi connectivity index (χ2n) is 4.75. The Kier molecular flexibility index (Phi) is 6.67. The van der Waals surface area contributed by atoms with E-state index in [1.807, 2.05) is 18.2 Å². The number of hydrogen-bond donors (Lipinski definition) is 2. The van der Waals surface area contributed by atoms with Crippen LogP contribution in [0.25, 0.3) is 0 Å². The molecule has 0 bridgehead atoms. The fourth-order valence-electron chi connectivity index (χ4n) is 1.76. The van der Waals surface area contributed by atoms with Crippen molar-refractivity contribution in [1.82, 2.24) is 5.32 Å². The summed E-state index contributed by atoms with van der Waals surface area (Å²) in [6.45, 7) is 7.22. The Morgan fingerprint density at radius 3 is 2.58 bits per heavy atom. The van der Waals surface area contributed by atoms with Crippen LogP contribution in [0, 0.1) is 0 Å². The molecule has 0 heterocycles. The van der Waals surface area contributed by atoms with Gasteiger partial charge in [0.2, 0.25) is 0 Å². The molecule has 0 aliphatic carbocycles. The number of methoxy groups -OCH3 is 1. The highest BCUT2D eigenvalue weighted by molar-refractivity contribution is 5.43. The summed E-state index contributed by atoms with van der Waals surface area (Å²) in [6.07, 6.45) is 0.617. The van der Waals surface area contributed by atoms with Crippen molar-refractivity contribution in [3.8, 4) is 11.5 Å². The van der Waals surface area contributed by atoms with E-state index >= 15 is 0 Å². The van der Waals surface area contributed by atoms with Crippen LogP contribution in [-0.2, 0) is 0 Å². The molecule has 2 unspecified atom stereocenters. The lowest BCUT2D eigenvalue weighted by atomic mass is 10.1. The molecule has 2 atom stereocenters. The van der Waals surface area contributed by atoms with E-state index < -0.39 is 6.10 Å². The average molecular weight is 267 g/mol. The van der Waals surface area contributed by atoms with Crippen LogP contribution in [0.1, 0.15) is 38.8 Å². The van der Waals surface area contributed by atoms with Gasteiger partial charge in [-0.1, -0.05) is 13.0 Å². The number of ether oxygens (including phenoxy) is 2. The van der Waals surface area contributed by atoms with Crippen LogP contribution >= 0.6 is 0 Å². The molecular formula is C15H25NO3. The lowest BCUT2D eigenvalue weighted by Crippen LogP contribution is -2.19. The maximum atomic E-state index is 9.24. The first-order valence-corrected chi connectivity index (χ1v) is 6.80. The standard InChI is InChI=1S/C15H25NO3/c1-5-8-16-12(3)13-6-7-14(15(9-13)18-4)19-10-11(2)17/h6-7,9,11-12,16-17H,5,8,10H2,1-4H3. The zero-order valence-electron chi connectivity index (χ0n) is 12.3. The van der Waals surface area contributed by atoms with Crippen molar-refractivity contribution in [1.29, 1.82) is 0 Å². The Balaban J connectivity index is 2.77. The molecule has 0 fully saturated rings. The topological polar surface area (TPSA) is 50.7 Å². The van der Waals surface area contributed by atoms with Crippen molar-refractivity contribution < 1.29 is 14.6 Å². The lowest BCUT2D eigenvalue weighted by Gasteiger charge is -2.17. The minimum Gasteiger partial charge on any atom is -0.493 e. The van der Waals surface area contributed by atoms with Gasteiger partial charge in [-0.15, -0.1) is 0 Å². The number of nitrogens with one attached hydrogen (secondary N) is 1. The second kappa shape index (κ2) is 8.02. The first-order valence-electron chi connectivity index (χ1n) is 6.80. The van der Waals surface area contributed by atoms with E-state index in [2.05, 4.69) is 19.2 Å². The number of aliphatic hydroxyl groups excluding tert-OH is 1. The molecule has 0 saturated carbocycles. The van der Waals surface area contributed by atoms with Gasteiger partial charge in [-0.2, -0.15) is 0 Å². The highest BCUT2D eigenvalue weighted by Gasteiger charge is 2.10. The first-order chi connectivity index (χ1) is 9.08. The van der Waals surface area contributed by atoms with Crippen LogP contribution in [-0.4, -0.2) is 31.5 Å². The molecule has 4 nitrogen and oxygen atoms in total. The van der Waals surface area contributed by atoms with E-state index in [0.717, 1.165) is 18.5 Å². The fourth-order valence-corrected chi connectivity index (χ4v) is 1.76. The van der Waals surface area contributed by atoms with Gasteiger partial charge < -0.3 is 19.9 Å². The summed E-state index contributed by atoms with van der Waals surface area (Å²) in [6, 6.07) is 6.16.